The Labute approximate surface area is 65.5 Å². The predicted molar refractivity (Wildman–Crippen MR) is 37.5 cm³/mol. The Morgan fingerprint density at radius 3 is 2.60 bits per heavy atom. The average Bonchev–Trinajstić information content (AvgIpc) is 2.10. The van der Waals surface area contributed by atoms with E-state index in [1.165, 1.54) is 0 Å². The second kappa shape index (κ2) is 2.42. The standard InChI is InChI=1S/C5H5BrN2O2/c1-2-3(4(7)9)10-5(6)8-2/h1H3,(H2,7,9). The molecule has 0 unspecified atom stereocenters. The zero-order chi connectivity index (χ0) is 7.72. The first kappa shape index (κ1) is 7.27. The summed E-state index contributed by atoms with van der Waals surface area (Å²) in [4.78, 5) is 14.6. The maximum absolute atomic E-state index is 10.5. The first-order valence-corrected chi connectivity index (χ1v) is 3.33. The van der Waals surface area contributed by atoms with Gasteiger partial charge in [0.15, 0.2) is 0 Å². The highest BCUT2D eigenvalue weighted by Gasteiger charge is 2.11. The number of nitrogens with two attached hydrogens (primary N) is 1. The van der Waals surface area contributed by atoms with Crippen LogP contribution < -0.4 is 5.73 Å². The van der Waals surface area contributed by atoms with Gasteiger partial charge in [0.05, 0.1) is 5.69 Å². The molecule has 0 aliphatic carbocycles. The van der Waals surface area contributed by atoms with Crippen molar-refractivity contribution in [3.8, 4) is 0 Å². The van der Waals surface area contributed by atoms with Gasteiger partial charge in [-0.1, -0.05) is 0 Å². The number of rotatable bonds is 1. The van der Waals surface area contributed by atoms with Gasteiger partial charge in [-0.05, 0) is 6.92 Å². The van der Waals surface area contributed by atoms with Crippen LogP contribution in [0.3, 0.4) is 0 Å². The van der Waals surface area contributed by atoms with Crippen LogP contribution in [0.2, 0.25) is 0 Å². The Kier molecular flexibility index (Phi) is 1.76. The van der Waals surface area contributed by atoms with E-state index in [1.54, 1.807) is 6.92 Å². The summed E-state index contributed by atoms with van der Waals surface area (Å²) in [6, 6.07) is 0. The van der Waals surface area contributed by atoms with Crippen molar-refractivity contribution >= 4 is 21.8 Å². The molecule has 0 saturated heterocycles. The van der Waals surface area contributed by atoms with Crippen molar-refractivity contribution in [1.29, 1.82) is 0 Å². The summed E-state index contributed by atoms with van der Waals surface area (Å²) in [5.74, 6) is -0.498. The van der Waals surface area contributed by atoms with Gasteiger partial charge in [-0.15, -0.1) is 0 Å². The van der Waals surface area contributed by atoms with Crippen molar-refractivity contribution in [3.63, 3.8) is 0 Å². The van der Waals surface area contributed by atoms with Crippen molar-refractivity contribution in [2.45, 2.75) is 6.92 Å². The van der Waals surface area contributed by atoms with Crippen LogP contribution in [0.1, 0.15) is 16.2 Å². The molecule has 10 heavy (non-hydrogen) atoms. The number of halogens is 1. The Morgan fingerprint density at radius 2 is 2.40 bits per heavy atom. The van der Waals surface area contributed by atoms with Crippen LogP contribution in [0, 0.1) is 6.92 Å². The molecule has 1 aromatic heterocycles. The molecule has 0 saturated carbocycles. The highest BCUT2D eigenvalue weighted by atomic mass is 79.9. The SMILES string of the molecule is Cc1nc(Br)oc1C(N)=O. The van der Waals surface area contributed by atoms with Crippen LogP contribution in [-0.2, 0) is 0 Å². The Hall–Kier alpha value is -0.840. The van der Waals surface area contributed by atoms with E-state index in [-0.39, 0.29) is 10.6 Å². The van der Waals surface area contributed by atoms with Gasteiger partial charge in [0.2, 0.25) is 5.76 Å². The fourth-order valence-corrected chi connectivity index (χ4v) is 1.02. The van der Waals surface area contributed by atoms with Crippen LogP contribution in [0.25, 0.3) is 0 Å². The smallest absolute Gasteiger partial charge is 0.286 e. The van der Waals surface area contributed by atoms with Gasteiger partial charge in [0.1, 0.15) is 0 Å². The number of carbonyl (C=O) groups is 1. The first-order chi connectivity index (χ1) is 4.61. The van der Waals surface area contributed by atoms with Crippen molar-refractivity contribution < 1.29 is 9.21 Å². The van der Waals surface area contributed by atoms with Gasteiger partial charge in [0.25, 0.3) is 10.7 Å². The number of oxazole rings is 1. The molecular weight excluding hydrogens is 200 g/mol. The Balaban J connectivity index is 3.15. The van der Waals surface area contributed by atoms with Crippen LogP contribution in [0.4, 0.5) is 0 Å². The molecule has 0 radical (unpaired) electrons. The predicted octanol–water partition coefficient (Wildman–Crippen LogP) is 0.844. The van der Waals surface area contributed by atoms with E-state index in [0.29, 0.717) is 5.69 Å². The third kappa shape index (κ3) is 1.18. The lowest BCUT2D eigenvalue weighted by molar-refractivity contribution is 0.0972. The highest BCUT2D eigenvalue weighted by molar-refractivity contribution is 9.10. The summed E-state index contributed by atoms with van der Waals surface area (Å²) in [5.41, 5.74) is 5.43. The normalized spacial score (nSPS) is 9.80. The van der Waals surface area contributed by atoms with Crippen LogP contribution in [0.15, 0.2) is 9.22 Å². The van der Waals surface area contributed by atoms with Crippen LogP contribution >= 0.6 is 15.9 Å². The molecule has 1 amide bonds. The summed E-state index contributed by atoms with van der Waals surface area (Å²) >= 11 is 2.97. The molecule has 0 atom stereocenters. The molecule has 0 bridgehead atoms. The van der Waals surface area contributed by atoms with Gasteiger partial charge < -0.3 is 10.2 Å². The lowest BCUT2D eigenvalue weighted by Crippen LogP contribution is -2.10. The van der Waals surface area contributed by atoms with Gasteiger partial charge in [-0.25, -0.2) is 4.98 Å². The van der Waals surface area contributed by atoms with E-state index in [2.05, 4.69) is 20.9 Å². The van der Waals surface area contributed by atoms with Crippen molar-refractivity contribution in [1.82, 2.24) is 4.98 Å². The summed E-state index contributed by atoms with van der Waals surface area (Å²) in [6.45, 7) is 1.65. The van der Waals surface area contributed by atoms with Gasteiger partial charge in [-0.2, -0.15) is 0 Å². The maximum atomic E-state index is 10.5. The molecule has 5 heteroatoms. The lowest BCUT2D eigenvalue weighted by Gasteiger charge is -1.84. The summed E-state index contributed by atoms with van der Waals surface area (Å²) < 4.78 is 4.81. The largest absolute Gasteiger partial charge is 0.426 e. The number of amides is 1. The van der Waals surface area contributed by atoms with E-state index in [4.69, 9.17) is 10.2 Å². The van der Waals surface area contributed by atoms with Gasteiger partial charge in [0, 0.05) is 15.9 Å². The Bertz CT molecular complexity index is 269. The number of carbonyl (C=O) groups excluding carboxylic acids is 1. The average molecular weight is 205 g/mol. The molecule has 1 aromatic rings. The first-order valence-electron chi connectivity index (χ1n) is 2.54. The third-order valence-corrected chi connectivity index (χ3v) is 1.33. The molecule has 0 aromatic carbocycles. The molecule has 0 aliphatic heterocycles. The van der Waals surface area contributed by atoms with Gasteiger partial charge >= 0.3 is 0 Å². The van der Waals surface area contributed by atoms with E-state index >= 15 is 0 Å². The summed E-state index contributed by atoms with van der Waals surface area (Å²) in [5, 5.41) is 0. The number of nitrogens with zero attached hydrogens (tertiary/aromatic N) is 1. The Morgan fingerprint density at radius 1 is 1.80 bits per heavy atom. The fourth-order valence-electron chi connectivity index (χ4n) is 0.592. The highest BCUT2D eigenvalue weighted by Crippen LogP contribution is 2.13. The molecular formula is C5H5BrN2O2. The quantitative estimate of drug-likeness (QED) is 0.738. The van der Waals surface area contributed by atoms with E-state index in [9.17, 15) is 4.79 Å². The third-order valence-electron chi connectivity index (χ3n) is 0.994. The number of aryl methyl sites for hydroxylation is 1. The van der Waals surface area contributed by atoms with Gasteiger partial charge in [-0.3, -0.25) is 4.79 Å². The van der Waals surface area contributed by atoms with Crippen LogP contribution in [-0.4, -0.2) is 10.9 Å². The minimum Gasteiger partial charge on any atom is -0.426 e. The van der Waals surface area contributed by atoms with Crippen molar-refractivity contribution in [2.75, 3.05) is 0 Å². The second-order valence-electron chi connectivity index (χ2n) is 1.75. The number of aromatic nitrogens is 1. The van der Waals surface area contributed by atoms with Crippen molar-refractivity contribution in [3.05, 3.63) is 16.3 Å². The molecule has 1 heterocycles. The lowest BCUT2D eigenvalue weighted by atomic mass is 10.4. The number of primary amides is 1. The summed E-state index contributed by atoms with van der Waals surface area (Å²) in [6.07, 6.45) is 0. The molecule has 0 fully saturated rings. The number of hydrogen-bond donors (Lipinski definition) is 1. The minimum absolute atomic E-state index is 0.104. The molecule has 4 nitrogen and oxygen atoms in total. The minimum atomic E-state index is -0.601. The zero-order valence-electron chi connectivity index (χ0n) is 5.22. The zero-order valence-corrected chi connectivity index (χ0v) is 6.81. The fraction of sp³-hybridized carbons (Fsp3) is 0.200. The maximum Gasteiger partial charge on any atom is 0.286 e. The molecule has 2 N–H and O–H groups in total. The number of hydrogen-bond acceptors (Lipinski definition) is 3. The molecule has 0 aliphatic rings. The van der Waals surface area contributed by atoms with E-state index < -0.39 is 5.91 Å². The molecule has 0 spiro atoms. The topological polar surface area (TPSA) is 69.1 Å². The molecule has 1 rings (SSSR count). The monoisotopic (exact) mass is 204 g/mol. The van der Waals surface area contributed by atoms with Crippen LogP contribution in [0.5, 0.6) is 0 Å². The molecule has 54 valence electrons. The van der Waals surface area contributed by atoms with E-state index in [1.807, 2.05) is 0 Å². The summed E-state index contributed by atoms with van der Waals surface area (Å²) in [7, 11) is 0. The van der Waals surface area contributed by atoms with Crippen molar-refractivity contribution in [2.24, 2.45) is 5.73 Å². The van der Waals surface area contributed by atoms with E-state index in [0.717, 1.165) is 0 Å². The second-order valence-corrected chi connectivity index (χ2v) is 2.42.